The molecule has 2 rings (SSSR count). The summed E-state index contributed by atoms with van der Waals surface area (Å²) in [5.41, 5.74) is 0.518. The van der Waals surface area contributed by atoms with E-state index in [1.807, 2.05) is 36.4 Å². The minimum absolute atomic E-state index is 0.189. The molecule has 0 heterocycles. The Morgan fingerprint density at radius 3 is 2.55 bits per heavy atom. The number of carbonyl (C=O) groups is 1. The van der Waals surface area contributed by atoms with Gasteiger partial charge < -0.3 is 14.2 Å². The number of hydrogen-bond donors (Lipinski definition) is 0. The third kappa shape index (κ3) is 4.25. The minimum atomic E-state index is -1.04. The molecule has 0 spiro atoms. The van der Waals surface area contributed by atoms with Gasteiger partial charge in [0, 0.05) is 5.56 Å². The first-order chi connectivity index (χ1) is 10.7. The van der Waals surface area contributed by atoms with Crippen LogP contribution in [0.1, 0.15) is 18.6 Å². The zero-order valence-electron chi connectivity index (χ0n) is 12.1. The largest absolute Gasteiger partial charge is 0.509 e. The van der Waals surface area contributed by atoms with Crippen LogP contribution in [0.5, 0.6) is 11.5 Å². The van der Waals surface area contributed by atoms with Gasteiger partial charge in [0.2, 0.25) is 6.10 Å². The molecule has 2 aromatic carbocycles. The molecule has 0 aliphatic rings. The normalized spacial score (nSPS) is 11.1. The predicted molar refractivity (Wildman–Crippen MR) is 79.4 cm³/mol. The minimum Gasteiger partial charge on any atom is -0.457 e. The topological polar surface area (TPSA) is 68.5 Å². The fraction of sp³-hybridized carbons (Fsp3) is 0.176. The Kier molecular flexibility index (Phi) is 5.38. The predicted octanol–water partition coefficient (Wildman–Crippen LogP) is 4.22. The van der Waals surface area contributed by atoms with Gasteiger partial charge in [0.25, 0.3) is 0 Å². The van der Waals surface area contributed by atoms with Crippen LogP contribution in [-0.2, 0) is 9.47 Å². The van der Waals surface area contributed by atoms with E-state index in [1.165, 1.54) is 0 Å². The highest BCUT2D eigenvalue weighted by Crippen LogP contribution is 2.26. The van der Waals surface area contributed by atoms with E-state index in [-0.39, 0.29) is 6.61 Å². The molecule has 2 aromatic rings. The van der Waals surface area contributed by atoms with Crippen LogP contribution in [0.2, 0.25) is 0 Å². The van der Waals surface area contributed by atoms with Crippen LogP contribution in [0.15, 0.2) is 54.6 Å². The highest BCUT2D eigenvalue weighted by molar-refractivity contribution is 5.60. The fourth-order valence-electron chi connectivity index (χ4n) is 1.78. The summed E-state index contributed by atoms with van der Waals surface area (Å²) >= 11 is 0. The monoisotopic (exact) mass is 297 g/mol. The number of benzene rings is 2. The highest BCUT2D eigenvalue weighted by atomic mass is 16.7. The van der Waals surface area contributed by atoms with Gasteiger partial charge in [0.15, 0.2) is 0 Å². The second kappa shape index (κ2) is 7.70. The molecule has 0 aliphatic heterocycles. The zero-order valence-corrected chi connectivity index (χ0v) is 12.1. The number of rotatable bonds is 5. The number of para-hydroxylation sites is 1. The maximum atomic E-state index is 11.3. The Morgan fingerprint density at radius 1 is 1.14 bits per heavy atom. The molecule has 22 heavy (non-hydrogen) atoms. The molecule has 0 radical (unpaired) electrons. The first kappa shape index (κ1) is 15.4. The Balaban J connectivity index is 2.12. The van der Waals surface area contributed by atoms with Crippen LogP contribution in [0.3, 0.4) is 0 Å². The van der Waals surface area contributed by atoms with E-state index in [2.05, 4.69) is 4.74 Å². The van der Waals surface area contributed by atoms with Gasteiger partial charge in [-0.2, -0.15) is 5.26 Å². The summed E-state index contributed by atoms with van der Waals surface area (Å²) < 4.78 is 15.3. The van der Waals surface area contributed by atoms with Gasteiger partial charge in [-0.1, -0.05) is 30.3 Å². The smallest absolute Gasteiger partial charge is 0.457 e. The maximum absolute atomic E-state index is 11.3. The summed E-state index contributed by atoms with van der Waals surface area (Å²) in [6, 6.07) is 18.0. The Bertz CT molecular complexity index is 664. The average molecular weight is 297 g/mol. The molecular formula is C17H15NO4. The first-order valence-electron chi connectivity index (χ1n) is 6.79. The van der Waals surface area contributed by atoms with Crippen LogP contribution in [0, 0.1) is 11.3 Å². The Morgan fingerprint density at radius 2 is 1.86 bits per heavy atom. The van der Waals surface area contributed by atoms with Gasteiger partial charge >= 0.3 is 6.16 Å². The molecule has 1 atom stereocenters. The van der Waals surface area contributed by atoms with E-state index in [0.717, 1.165) is 0 Å². The van der Waals surface area contributed by atoms with E-state index in [1.54, 1.807) is 31.2 Å². The van der Waals surface area contributed by atoms with Crippen molar-refractivity contribution in [3.63, 3.8) is 0 Å². The molecule has 0 bridgehead atoms. The first-order valence-corrected chi connectivity index (χ1v) is 6.79. The lowest BCUT2D eigenvalue weighted by atomic mass is 10.1. The van der Waals surface area contributed by atoms with Crippen molar-refractivity contribution in [1.29, 1.82) is 5.26 Å². The molecule has 5 heteroatoms. The van der Waals surface area contributed by atoms with Crippen molar-refractivity contribution in [3.05, 3.63) is 60.2 Å². The molecule has 0 saturated heterocycles. The van der Waals surface area contributed by atoms with Crippen LogP contribution in [0.25, 0.3) is 0 Å². The summed E-state index contributed by atoms with van der Waals surface area (Å²) in [5.74, 6) is 1.23. The van der Waals surface area contributed by atoms with Crippen molar-refractivity contribution in [2.24, 2.45) is 0 Å². The van der Waals surface area contributed by atoms with E-state index in [0.29, 0.717) is 17.1 Å². The van der Waals surface area contributed by atoms with Crippen molar-refractivity contribution in [2.45, 2.75) is 13.0 Å². The Hall–Kier alpha value is -3.00. The van der Waals surface area contributed by atoms with Crippen LogP contribution in [0.4, 0.5) is 4.79 Å². The molecule has 112 valence electrons. The van der Waals surface area contributed by atoms with Gasteiger partial charge in [-0.3, -0.25) is 0 Å². The van der Waals surface area contributed by atoms with Gasteiger partial charge in [0.05, 0.1) is 6.61 Å². The lowest BCUT2D eigenvalue weighted by Gasteiger charge is -2.12. The second-order valence-electron chi connectivity index (χ2n) is 4.30. The van der Waals surface area contributed by atoms with Crippen molar-refractivity contribution < 1.29 is 19.0 Å². The number of hydrogen-bond acceptors (Lipinski definition) is 5. The van der Waals surface area contributed by atoms with Crippen LogP contribution < -0.4 is 4.74 Å². The molecule has 0 fully saturated rings. The molecule has 0 amide bonds. The van der Waals surface area contributed by atoms with Gasteiger partial charge in [0.1, 0.15) is 17.6 Å². The molecule has 0 aromatic heterocycles. The lowest BCUT2D eigenvalue weighted by molar-refractivity contribution is 0.0420. The SMILES string of the molecule is CCOC(=O)O[C@@H](C#N)c1cccc(Oc2ccccc2)c1. The number of nitrogens with zero attached hydrogens (tertiary/aromatic N) is 1. The molecular weight excluding hydrogens is 282 g/mol. The van der Waals surface area contributed by atoms with E-state index >= 15 is 0 Å². The molecule has 0 saturated carbocycles. The summed E-state index contributed by atoms with van der Waals surface area (Å²) in [6.07, 6.45) is -1.91. The summed E-state index contributed by atoms with van der Waals surface area (Å²) in [7, 11) is 0. The molecule has 0 unspecified atom stereocenters. The summed E-state index contributed by atoms with van der Waals surface area (Å²) in [5, 5.41) is 9.15. The summed E-state index contributed by atoms with van der Waals surface area (Å²) in [6.45, 7) is 1.85. The fourth-order valence-corrected chi connectivity index (χ4v) is 1.78. The second-order valence-corrected chi connectivity index (χ2v) is 4.30. The standard InChI is InChI=1S/C17H15NO4/c1-2-20-17(19)22-16(12-18)13-7-6-10-15(11-13)21-14-8-4-3-5-9-14/h3-11,16H,2H2,1H3/t16-/m0/s1. The number of ether oxygens (including phenoxy) is 3. The summed E-state index contributed by atoms with van der Waals surface area (Å²) in [4.78, 5) is 11.3. The third-order valence-corrected chi connectivity index (χ3v) is 2.73. The van der Waals surface area contributed by atoms with Crippen LogP contribution >= 0.6 is 0 Å². The highest BCUT2D eigenvalue weighted by Gasteiger charge is 2.17. The van der Waals surface area contributed by atoms with Crippen molar-refractivity contribution in [2.75, 3.05) is 6.61 Å². The van der Waals surface area contributed by atoms with E-state index in [9.17, 15) is 4.79 Å². The van der Waals surface area contributed by atoms with Gasteiger partial charge in [-0.05, 0) is 31.2 Å². The lowest BCUT2D eigenvalue weighted by Crippen LogP contribution is -2.11. The maximum Gasteiger partial charge on any atom is 0.509 e. The van der Waals surface area contributed by atoms with Gasteiger partial charge in [-0.25, -0.2) is 4.79 Å². The van der Waals surface area contributed by atoms with E-state index in [4.69, 9.17) is 14.7 Å². The zero-order chi connectivity index (χ0) is 15.8. The number of nitriles is 1. The molecule has 0 aliphatic carbocycles. The third-order valence-electron chi connectivity index (χ3n) is 2.73. The average Bonchev–Trinajstić information content (AvgIpc) is 2.54. The molecule has 5 nitrogen and oxygen atoms in total. The van der Waals surface area contributed by atoms with Gasteiger partial charge in [-0.15, -0.1) is 0 Å². The van der Waals surface area contributed by atoms with E-state index < -0.39 is 12.3 Å². The Labute approximate surface area is 128 Å². The number of carbonyl (C=O) groups excluding carboxylic acids is 1. The quantitative estimate of drug-likeness (QED) is 0.773. The molecule has 0 N–H and O–H groups in total. The van der Waals surface area contributed by atoms with Crippen molar-refractivity contribution in [1.82, 2.24) is 0 Å². The van der Waals surface area contributed by atoms with Crippen LogP contribution in [-0.4, -0.2) is 12.8 Å². The van der Waals surface area contributed by atoms with Crippen molar-refractivity contribution in [3.8, 4) is 17.6 Å². The van der Waals surface area contributed by atoms with Crippen molar-refractivity contribution >= 4 is 6.16 Å².